The van der Waals surface area contributed by atoms with Crippen LogP contribution in [-0.4, -0.2) is 78.0 Å². The quantitative estimate of drug-likeness (QED) is 0.543. The van der Waals surface area contributed by atoms with Crippen molar-refractivity contribution in [1.82, 2.24) is 10.2 Å². The van der Waals surface area contributed by atoms with Crippen molar-refractivity contribution in [1.29, 1.82) is 0 Å². The first-order chi connectivity index (χ1) is 9.19. The molecular weight excluding hydrogens is 248 g/mol. The van der Waals surface area contributed by atoms with E-state index in [9.17, 15) is 9.90 Å². The van der Waals surface area contributed by atoms with E-state index >= 15 is 0 Å². The van der Waals surface area contributed by atoms with Gasteiger partial charge < -0.3 is 15.5 Å². The number of nitrogens with zero attached hydrogens (tertiary/aromatic N) is 3. The summed E-state index contributed by atoms with van der Waals surface area (Å²) in [6.45, 7) is 1.95. The first kappa shape index (κ1) is 12.7. The predicted octanol–water partition coefficient (Wildman–Crippen LogP) is -2.13. The number of aliphatic hydroxyl groups excluding tert-OH is 2. The molecule has 0 aliphatic carbocycles. The minimum absolute atomic E-state index is 0.00301. The van der Waals surface area contributed by atoms with Gasteiger partial charge in [0.25, 0.3) is 5.91 Å². The highest BCUT2D eigenvalue weighted by Crippen LogP contribution is 2.25. The molecule has 0 aromatic carbocycles. The second kappa shape index (κ2) is 4.99. The summed E-state index contributed by atoms with van der Waals surface area (Å²) in [6.07, 6.45) is 2.77. The van der Waals surface area contributed by atoms with E-state index in [4.69, 9.17) is 5.11 Å². The average molecular weight is 266 g/mol. The molecule has 19 heavy (non-hydrogen) atoms. The zero-order chi connectivity index (χ0) is 13.4. The van der Waals surface area contributed by atoms with Crippen molar-refractivity contribution < 1.29 is 15.0 Å². The molecule has 0 saturated carbocycles. The van der Waals surface area contributed by atoms with Crippen LogP contribution in [0.15, 0.2) is 9.98 Å². The lowest BCUT2D eigenvalue weighted by molar-refractivity contribution is -0.121. The van der Waals surface area contributed by atoms with Crippen molar-refractivity contribution in [2.45, 2.75) is 18.2 Å². The van der Waals surface area contributed by atoms with Gasteiger partial charge in [0.2, 0.25) is 0 Å². The summed E-state index contributed by atoms with van der Waals surface area (Å²) in [5.74, 6) is -0.0855. The second-order valence-corrected chi connectivity index (χ2v) is 5.41. The lowest BCUT2D eigenvalue weighted by Gasteiger charge is -2.25. The number of likely N-dealkylation sites (tertiary alicyclic amines) is 1. The number of nitrogens with one attached hydrogen (secondary N) is 1. The Hall–Kier alpha value is -1.31. The number of hydrogen-bond donors (Lipinski definition) is 3. The number of β-amino-alcohol motifs (C(OH)–C–C–N with tert-alkyl or cyclic N) is 1. The van der Waals surface area contributed by atoms with E-state index in [0.29, 0.717) is 19.6 Å². The van der Waals surface area contributed by atoms with Gasteiger partial charge in [-0.1, -0.05) is 0 Å². The molecular formula is C12H18N4O3. The van der Waals surface area contributed by atoms with Gasteiger partial charge in [-0.2, -0.15) is 0 Å². The molecule has 7 heteroatoms. The molecule has 0 bridgehead atoms. The van der Waals surface area contributed by atoms with E-state index in [1.807, 2.05) is 0 Å². The highest BCUT2D eigenvalue weighted by atomic mass is 16.3. The SMILES string of the molecule is O=C1NC=NC2C(CN3CC(O)C(CO)C3)C=NC12. The van der Waals surface area contributed by atoms with Crippen LogP contribution in [0, 0.1) is 11.8 Å². The van der Waals surface area contributed by atoms with Crippen molar-refractivity contribution in [3.63, 3.8) is 0 Å². The number of fused-ring (bicyclic) bond motifs is 1. The fraction of sp³-hybridized carbons (Fsp3) is 0.750. The zero-order valence-electron chi connectivity index (χ0n) is 10.5. The Labute approximate surface area is 111 Å². The highest BCUT2D eigenvalue weighted by molar-refractivity contribution is 5.96. The first-order valence-corrected chi connectivity index (χ1v) is 6.55. The van der Waals surface area contributed by atoms with Gasteiger partial charge in [-0.25, -0.2) is 0 Å². The normalized spacial score (nSPS) is 41.6. The van der Waals surface area contributed by atoms with Crippen LogP contribution < -0.4 is 5.32 Å². The largest absolute Gasteiger partial charge is 0.396 e. The Bertz CT molecular complexity index is 425. The van der Waals surface area contributed by atoms with Crippen molar-refractivity contribution in [3.05, 3.63) is 0 Å². The van der Waals surface area contributed by atoms with E-state index in [2.05, 4.69) is 20.2 Å². The summed E-state index contributed by atoms with van der Waals surface area (Å²) < 4.78 is 0. The van der Waals surface area contributed by atoms with Gasteiger partial charge in [0.15, 0.2) is 6.04 Å². The molecule has 5 unspecified atom stereocenters. The van der Waals surface area contributed by atoms with Crippen molar-refractivity contribution >= 4 is 18.5 Å². The number of amides is 1. The Morgan fingerprint density at radius 2 is 2.26 bits per heavy atom. The van der Waals surface area contributed by atoms with Crippen LogP contribution >= 0.6 is 0 Å². The second-order valence-electron chi connectivity index (χ2n) is 5.41. The smallest absolute Gasteiger partial charge is 0.252 e. The van der Waals surface area contributed by atoms with E-state index in [1.165, 1.54) is 6.34 Å². The molecule has 3 aliphatic rings. The molecule has 1 saturated heterocycles. The third-order valence-electron chi connectivity index (χ3n) is 4.11. The maximum atomic E-state index is 11.6. The molecule has 3 rings (SSSR count). The van der Waals surface area contributed by atoms with Gasteiger partial charge in [0.05, 0.1) is 18.5 Å². The van der Waals surface area contributed by atoms with Gasteiger partial charge in [-0.05, 0) is 0 Å². The fourth-order valence-electron chi connectivity index (χ4n) is 3.02. The number of aliphatic hydroxyl groups is 2. The van der Waals surface area contributed by atoms with E-state index in [1.54, 1.807) is 6.21 Å². The Balaban J connectivity index is 1.63. The minimum atomic E-state index is -0.475. The Morgan fingerprint density at radius 3 is 3.00 bits per heavy atom. The van der Waals surface area contributed by atoms with Crippen LogP contribution in [0.1, 0.15) is 0 Å². The summed E-state index contributed by atoms with van der Waals surface area (Å²) in [4.78, 5) is 22.2. The Kier molecular flexibility index (Phi) is 3.34. The molecule has 0 aromatic rings. The number of hydrogen-bond acceptors (Lipinski definition) is 6. The molecule has 104 valence electrons. The first-order valence-electron chi connectivity index (χ1n) is 6.55. The molecule has 7 nitrogen and oxygen atoms in total. The van der Waals surface area contributed by atoms with Crippen LogP contribution in [0.3, 0.4) is 0 Å². The lowest BCUT2D eigenvalue weighted by atomic mass is 9.96. The summed E-state index contributed by atoms with van der Waals surface area (Å²) in [5, 5.41) is 21.5. The Morgan fingerprint density at radius 1 is 1.42 bits per heavy atom. The average Bonchev–Trinajstić information content (AvgIpc) is 2.95. The van der Waals surface area contributed by atoms with E-state index in [-0.39, 0.29) is 30.4 Å². The fourth-order valence-corrected chi connectivity index (χ4v) is 3.02. The van der Waals surface area contributed by atoms with Gasteiger partial charge in [0, 0.05) is 44.3 Å². The molecule has 3 aliphatic heterocycles. The molecule has 0 radical (unpaired) electrons. The summed E-state index contributed by atoms with van der Waals surface area (Å²) >= 11 is 0. The van der Waals surface area contributed by atoms with Crippen LogP contribution in [0.5, 0.6) is 0 Å². The molecule has 0 spiro atoms. The molecule has 0 aromatic heterocycles. The number of carbonyl (C=O) groups excluding carboxylic acids is 1. The van der Waals surface area contributed by atoms with E-state index in [0.717, 1.165) is 0 Å². The summed E-state index contributed by atoms with van der Waals surface area (Å²) in [7, 11) is 0. The molecule has 1 fully saturated rings. The minimum Gasteiger partial charge on any atom is -0.396 e. The molecule has 5 atom stereocenters. The highest BCUT2D eigenvalue weighted by Gasteiger charge is 2.41. The van der Waals surface area contributed by atoms with Gasteiger partial charge in [0.1, 0.15) is 0 Å². The maximum Gasteiger partial charge on any atom is 0.252 e. The maximum absolute atomic E-state index is 11.6. The van der Waals surface area contributed by atoms with Gasteiger partial charge in [-0.15, -0.1) is 0 Å². The van der Waals surface area contributed by atoms with Gasteiger partial charge in [-0.3, -0.25) is 19.7 Å². The third kappa shape index (κ3) is 2.29. The topological polar surface area (TPSA) is 97.5 Å². The molecule has 3 N–H and O–H groups in total. The number of carbonyl (C=O) groups is 1. The van der Waals surface area contributed by atoms with Crippen LogP contribution in [0.2, 0.25) is 0 Å². The number of aliphatic imine (C=N–C) groups is 2. The molecule has 3 heterocycles. The summed E-state index contributed by atoms with van der Waals surface area (Å²) in [6, 6.07) is -0.532. The molecule has 1 amide bonds. The van der Waals surface area contributed by atoms with Crippen molar-refractivity contribution in [2.75, 3.05) is 26.2 Å². The monoisotopic (exact) mass is 266 g/mol. The lowest BCUT2D eigenvalue weighted by Crippen LogP contribution is -2.46. The van der Waals surface area contributed by atoms with Crippen LogP contribution in [-0.2, 0) is 4.79 Å². The zero-order valence-corrected chi connectivity index (χ0v) is 10.5. The van der Waals surface area contributed by atoms with E-state index < -0.39 is 12.1 Å². The summed E-state index contributed by atoms with van der Waals surface area (Å²) in [5.41, 5.74) is 0. The van der Waals surface area contributed by atoms with Crippen LogP contribution in [0.25, 0.3) is 0 Å². The predicted molar refractivity (Wildman–Crippen MR) is 69.2 cm³/mol. The van der Waals surface area contributed by atoms with Crippen molar-refractivity contribution in [2.24, 2.45) is 21.8 Å². The van der Waals surface area contributed by atoms with Crippen molar-refractivity contribution in [3.8, 4) is 0 Å². The number of rotatable bonds is 3. The standard InChI is InChI=1S/C12H18N4O3/c17-5-8-3-16(4-9(8)18)2-7-1-13-11-10(7)14-6-15-12(11)19/h1,6-11,17-18H,2-5H2,(H,14,15,19). The van der Waals surface area contributed by atoms with Gasteiger partial charge >= 0.3 is 0 Å². The van der Waals surface area contributed by atoms with Crippen LogP contribution in [0.4, 0.5) is 0 Å². The third-order valence-corrected chi connectivity index (χ3v) is 4.11.